The van der Waals surface area contributed by atoms with Gasteiger partial charge in [0, 0.05) is 23.5 Å². The van der Waals surface area contributed by atoms with Gasteiger partial charge in [-0.2, -0.15) is 0 Å². The van der Waals surface area contributed by atoms with Gasteiger partial charge in [-0.1, -0.05) is 38.1 Å². The molecule has 0 fully saturated rings. The first kappa shape index (κ1) is 21.0. The number of halogens is 2. The van der Waals surface area contributed by atoms with Crippen molar-refractivity contribution in [2.75, 3.05) is 11.1 Å². The highest BCUT2D eigenvalue weighted by Crippen LogP contribution is 2.31. The fourth-order valence-electron chi connectivity index (χ4n) is 3.20. The molecule has 2 heterocycles. The lowest BCUT2D eigenvalue weighted by Crippen LogP contribution is -2.17. The molecular weight excluding hydrogens is 386 g/mol. The van der Waals surface area contributed by atoms with E-state index >= 15 is 0 Å². The lowest BCUT2D eigenvalue weighted by atomic mass is 10.1. The number of amides is 1. The molecule has 0 spiro atoms. The topological polar surface area (TPSA) is 72.9 Å². The normalized spacial score (nSPS) is 10.4. The zero-order chi connectivity index (χ0) is 21.8. The largest absolute Gasteiger partial charge is 0.383 e. The Morgan fingerprint density at radius 2 is 1.67 bits per heavy atom. The van der Waals surface area contributed by atoms with Crippen LogP contribution in [0.5, 0.6) is 0 Å². The number of para-hydroxylation sites is 1. The van der Waals surface area contributed by atoms with Gasteiger partial charge in [-0.3, -0.25) is 4.79 Å². The number of nitrogens with zero attached hydrogens (tertiary/aromatic N) is 2. The summed E-state index contributed by atoms with van der Waals surface area (Å²) >= 11 is 0. The van der Waals surface area contributed by atoms with E-state index in [-0.39, 0.29) is 11.6 Å². The van der Waals surface area contributed by atoms with E-state index in [2.05, 4.69) is 10.3 Å². The van der Waals surface area contributed by atoms with E-state index in [1.807, 2.05) is 55.8 Å². The maximum atomic E-state index is 13.8. The number of aryl methyl sites for hydroxylation is 1. The number of nitrogens with two attached hydrogens (primary N) is 1. The van der Waals surface area contributed by atoms with Gasteiger partial charge >= 0.3 is 0 Å². The molecule has 0 atom stereocenters. The van der Waals surface area contributed by atoms with E-state index in [9.17, 15) is 13.6 Å². The summed E-state index contributed by atoms with van der Waals surface area (Å²) in [4.78, 5) is 16.4. The number of carbonyl (C=O) groups excluding carboxylic acids is 1. The van der Waals surface area contributed by atoms with Gasteiger partial charge in [-0.05, 0) is 36.4 Å². The van der Waals surface area contributed by atoms with Gasteiger partial charge in [0.05, 0.1) is 5.69 Å². The monoisotopic (exact) mass is 408 g/mol. The van der Waals surface area contributed by atoms with Crippen LogP contribution in [0.4, 0.5) is 20.4 Å². The molecule has 30 heavy (non-hydrogen) atoms. The number of nitrogens with one attached hydrogen (secondary N) is 1. The molecule has 5 nitrogen and oxygen atoms in total. The number of aromatic nitrogens is 2. The van der Waals surface area contributed by atoms with Crippen LogP contribution in [-0.4, -0.2) is 15.5 Å². The molecule has 0 unspecified atom stereocenters. The van der Waals surface area contributed by atoms with Crippen molar-refractivity contribution in [3.05, 3.63) is 77.9 Å². The number of pyridine rings is 1. The second-order valence-corrected chi connectivity index (χ2v) is 6.33. The lowest BCUT2D eigenvalue weighted by Gasteiger charge is -2.10. The van der Waals surface area contributed by atoms with Crippen LogP contribution in [0.3, 0.4) is 0 Å². The third-order valence-corrected chi connectivity index (χ3v) is 4.58. The summed E-state index contributed by atoms with van der Waals surface area (Å²) in [6, 6.07) is 16.4. The summed E-state index contributed by atoms with van der Waals surface area (Å²) in [6.07, 6.45) is 0. The zero-order valence-corrected chi connectivity index (χ0v) is 16.9. The first-order valence-corrected chi connectivity index (χ1v) is 9.52. The molecule has 154 valence electrons. The Kier molecular flexibility index (Phi) is 6.11. The van der Waals surface area contributed by atoms with E-state index in [0.29, 0.717) is 5.56 Å². The summed E-state index contributed by atoms with van der Waals surface area (Å²) in [7, 11) is 1.92. The van der Waals surface area contributed by atoms with Gasteiger partial charge in [-0.25, -0.2) is 13.8 Å². The SMILES string of the molecule is CC.Cn1c(-c2ccc(NC(=O)c3c(F)cccc3F)nc2N)cc2ccccc21. The number of anilines is 2. The molecule has 0 saturated heterocycles. The van der Waals surface area contributed by atoms with Crippen LogP contribution in [0.25, 0.3) is 22.2 Å². The minimum Gasteiger partial charge on any atom is -0.383 e. The quantitative estimate of drug-likeness (QED) is 0.478. The first-order valence-electron chi connectivity index (χ1n) is 9.52. The molecule has 0 aliphatic carbocycles. The van der Waals surface area contributed by atoms with Crippen molar-refractivity contribution in [3.8, 4) is 11.3 Å². The molecule has 0 saturated carbocycles. The number of hydrogen-bond acceptors (Lipinski definition) is 3. The molecule has 0 radical (unpaired) electrons. The fourth-order valence-corrected chi connectivity index (χ4v) is 3.20. The van der Waals surface area contributed by atoms with Gasteiger partial charge in [0.2, 0.25) is 0 Å². The van der Waals surface area contributed by atoms with Gasteiger partial charge in [0.15, 0.2) is 0 Å². The van der Waals surface area contributed by atoms with E-state index in [0.717, 1.165) is 28.7 Å². The number of benzene rings is 2. The van der Waals surface area contributed by atoms with Crippen molar-refractivity contribution in [2.45, 2.75) is 13.8 Å². The number of hydrogen-bond donors (Lipinski definition) is 2. The fraction of sp³-hybridized carbons (Fsp3) is 0.130. The Balaban J connectivity index is 0.00000124. The van der Waals surface area contributed by atoms with Crippen LogP contribution in [0.2, 0.25) is 0 Å². The first-order chi connectivity index (χ1) is 14.5. The lowest BCUT2D eigenvalue weighted by molar-refractivity contribution is 0.101. The second-order valence-electron chi connectivity index (χ2n) is 6.33. The predicted octanol–water partition coefficient (Wildman–Crippen LogP) is 5.38. The number of rotatable bonds is 3. The van der Waals surface area contributed by atoms with Crippen LogP contribution >= 0.6 is 0 Å². The van der Waals surface area contributed by atoms with E-state index in [1.165, 1.54) is 6.07 Å². The number of fused-ring (bicyclic) bond motifs is 1. The Morgan fingerprint density at radius 1 is 1.00 bits per heavy atom. The summed E-state index contributed by atoms with van der Waals surface area (Å²) in [5, 5.41) is 3.45. The van der Waals surface area contributed by atoms with Crippen molar-refractivity contribution >= 4 is 28.4 Å². The van der Waals surface area contributed by atoms with Crippen LogP contribution in [-0.2, 0) is 7.05 Å². The molecule has 7 heteroatoms. The standard InChI is InChI=1S/C21H16F2N4O.C2H6/c1-27-16-8-3-2-5-12(16)11-17(27)13-9-10-18(25-20(13)24)26-21(28)19-14(22)6-4-7-15(19)23;1-2/h2-11H,1H3,(H3,24,25,26,28);1-2H3. The Morgan fingerprint density at radius 3 is 2.30 bits per heavy atom. The molecule has 4 rings (SSSR count). The summed E-state index contributed by atoms with van der Waals surface area (Å²) in [5.41, 5.74) is 8.03. The molecule has 4 aromatic rings. The van der Waals surface area contributed by atoms with Gasteiger partial charge in [0.25, 0.3) is 5.91 Å². The average molecular weight is 408 g/mol. The second kappa shape index (κ2) is 8.73. The van der Waals surface area contributed by atoms with Crippen molar-refractivity contribution < 1.29 is 13.6 Å². The average Bonchev–Trinajstić information content (AvgIpc) is 3.06. The Bertz CT molecular complexity index is 1200. The van der Waals surface area contributed by atoms with Crippen LogP contribution < -0.4 is 11.1 Å². The zero-order valence-electron chi connectivity index (χ0n) is 16.9. The maximum Gasteiger partial charge on any atom is 0.262 e. The highest BCUT2D eigenvalue weighted by atomic mass is 19.1. The van der Waals surface area contributed by atoms with Crippen molar-refractivity contribution in [1.29, 1.82) is 0 Å². The third kappa shape index (κ3) is 3.87. The molecule has 0 bridgehead atoms. The van der Waals surface area contributed by atoms with Crippen LogP contribution in [0.1, 0.15) is 24.2 Å². The Labute approximate surface area is 173 Å². The van der Waals surface area contributed by atoms with Gasteiger partial charge in [0.1, 0.15) is 28.8 Å². The van der Waals surface area contributed by atoms with Crippen LogP contribution in [0.15, 0.2) is 60.7 Å². The predicted molar refractivity (Wildman–Crippen MR) is 116 cm³/mol. The highest BCUT2D eigenvalue weighted by Gasteiger charge is 2.18. The Hall–Kier alpha value is -3.74. The number of nitrogen functional groups attached to an aromatic ring is 1. The molecule has 2 aromatic heterocycles. The minimum absolute atomic E-state index is 0.104. The van der Waals surface area contributed by atoms with Crippen LogP contribution in [0, 0.1) is 11.6 Å². The molecule has 3 N–H and O–H groups in total. The van der Waals surface area contributed by atoms with Gasteiger partial charge in [-0.15, -0.1) is 0 Å². The van der Waals surface area contributed by atoms with E-state index in [1.54, 1.807) is 12.1 Å². The van der Waals surface area contributed by atoms with E-state index < -0.39 is 23.1 Å². The van der Waals surface area contributed by atoms with Crippen molar-refractivity contribution in [2.24, 2.45) is 7.05 Å². The summed E-state index contributed by atoms with van der Waals surface area (Å²) < 4.78 is 29.5. The molecular formula is C23H22F2N4O. The third-order valence-electron chi connectivity index (χ3n) is 4.58. The molecule has 1 amide bonds. The highest BCUT2D eigenvalue weighted by molar-refractivity contribution is 6.04. The molecule has 2 aromatic carbocycles. The molecule has 0 aliphatic heterocycles. The van der Waals surface area contributed by atoms with Crippen molar-refractivity contribution in [1.82, 2.24) is 9.55 Å². The smallest absolute Gasteiger partial charge is 0.262 e. The van der Waals surface area contributed by atoms with E-state index in [4.69, 9.17) is 5.73 Å². The summed E-state index contributed by atoms with van der Waals surface area (Å²) in [6.45, 7) is 4.00. The number of carbonyl (C=O) groups is 1. The van der Waals surface area contributed by atoms with Gasteiger partial charge < -0.3 is 15.6 Å². The minimum atomic E-state index is -0.947. The summed E-state index contributed by atoms with van der Waals surface area (Å²) in [5.74, 6) is -2.53. The maximum absolute atomic E-state index is 13.8. The van der Waals surface area contributed by atoms with Crippen molar-refractivity contribution in [3.63, 3.8) is 0 Å². The molecule has 0 aliphatic rings.